The second kappa shape index (κ2) is 10.2. The summed E-state index contributed by atoms with van der Waals surface area (Å²) in [5.74, 6) is -0.215. The highest BCUT2D eigenvalue weighted by Gasteiger charge is 2.25. The van der Waals surface area contributed by atoms with E-state index >= 15 is 0 Å². The lowest BCUT2D eigenvalue weighted by Gasteiger charge is -2.15. The number of esters is 1. The average Bonchev–Trinajstić information content (AvgIpc) is 3.29. The maximum atomic E-state index is 12.9. The van der Waals surface area contributed by atoms with Crippen LogP contribution in [0.5, 0.6) is 11.5 Å². The van der Waals surface area contributed by atoms with Gasteiger partial charge in [0.05, 0.1) is 13.0 Å². The van der Waals surface area contributed by atoms with Crippen LogP contribution in [-0.2, 0) is 4.79 Å². The molecule has 0 aliphatic heterocycles. The molecule has 2 aromatic heterocycles. The van der Waals surface area contributed by atoms with Gasteiger partial charge in [0.15, 0.2) is 11.4 Å². The van der Waals surface area contributed by atoms with Crippen molar-refractivity contribution in [1.82, 2.24) is 20.4 Å². The molecule has 1 atom stereocenters. The highest BCUT2D eigenvalue weighted by molar-refractivity contribution is 5.96. The van der Waals surface area contributed by atoms with Gasteiger partial charge >= 0.3 is 5.97 Å². The van der Waals surface area contributed by atoms with Crippen LogP contribution in [0.4, 0.5) is 0 Å². The van der Waals surface area contributed by atoms with Gasteiger partial charge in [-0.3, -0.25) is 9.59 Å². The number of aromatic nitrogens is 3. The third-order valence-electron chi connectivity index (χ3n) is 4.97. The Labute approximate surface area is 192 Å². The molecule has 174 valence electrons. The number of ether oxygens (including phenoxy) is 2. The third-order valence-corrected chi connectivity index (χ3v) is 4.97. The molecule has 1 N–H and O–H groups in total. The van der Waals surface area contributed by atoms with Crippen molar-refractivity contribution in [2.24, 2.45) is 5.92 Å². The summed E-state index contributed by atoms with van der Waals surface area (Å²) in [5, 5.41) is 6.77. The zero-order chi connectivity index (χ0) is 24.1. The second-order valence-electron chi connectivity index (χ2n) is 8.19. The fraction of sp³-hybridized carbons (Fsp3) is 0.375. The minimum atomic E-state index is -0.615. The van der Waals surface area contributed by atoms with E-state index in [1.807, 2.05) is 24.3 Å². The van der Waals surface area contributed by atoms with E-state index in [1.54, 1.807) is 20.8 Å². The molecule has 9 nitrogen and oxygen atoms in total. The second-order valence-corrected chi connectivity index (χ2v) is 8.19. The standard InChI is InChI=1S/C24H28N4O5/c1-13(2)16-7-9-17(10-8-16)21-27-23(33-28-21)15(5)26-22(29)19-20(32-24(30)14(3)4)18(31-6)11-12-25-19/h7-15H,1-6H3,(H,26,29)/t15-/m0/s1. The lowest BCUT2D eigenvalue weighted by atomic mass is 10.0. The van der Waals surface area contributed by atoms with Crippen LogP contribution in [0.15, 0.2) is 41.1 Å². The molecule has 1 aromatic carbocycles. The Bertz CT molecular complexity index is 1120. The lowest BCUT2D eigenvalue weighted by molar-refractivity contribution is -0.137. The van der Waals surface area contributed by atoms with Crippen LogP contribution in [0, 0.1) is 5.92 Å². The number of carbonyl (C=O) groups is 2. The Balaban J connectivity index is 1.78. The van der Waals surface area contributed by atoms with Gasteiger partial charge in [-0.05, 0) is 18.4 Å². The molecule has 1 amide bonds. The molecule has 0 spiro atoms. The highest BCUT2D eigenvalue weighted by Crippen LogP contribution is 2.31. The SMILES string of the molecule is COc1ccnc(C(=O)N[C@@H](C)c2nc(-c3ccc(C(C)C)cc3)no2)c1OC(=O)C(C)C. The molecule has 33 heavy (non-hydrogen) atoms. The van der Waals surface area contributed by atoms with Crippen molar-refractivity contribution in [1.29, 1.82) is 0 Å². The molecule has 0 bridgehead atoms. The number of pyridine rings is 1. The Morgan fingerprint density at radius 1 is 1.03 bits per heavy atom. The minimum Gasteiger partial charge on any atom is -0.493 e. The topological polar surface area (TPSA) is 116 Å². The van der Waals surface area contributed by atoms with Crippen LogP contribution >= 0.6 is 0 Å². The molecular formula is C24H28N4O5. The predicted octanol–water partition coefficient (Wildman–Crippen LogP) is 4.32. The summed E-state index contributed by atoms with van der Waals surface area (Å²) in [6, 6.07) is 8.81. The first-order chi connectivity index (χ1) is 15.7. The zero-order valence-corrected chi connectivity index (χ0v) is 19.6. The van der Waals surface area contributed by atoms with Crippen LogP contribution < -0.4 is 14.8 Å². The van der Waals surface area contributed by atoms with Crippen molar-refractivity contribution in [2.75, 3.05) is 7.11 Å². The number of nitrogens with zero attached hydrogens (tertiary/aromatic N) is 3. The summed E-state index contributed by atoms with van der Waals surface area (Å²) in [5.41, 5.74) is 1.94. The number of methoxy groups -OCH3 is 1. The number of benzene rings is 1. The smallest absolute Gasteiger partial charge is 0.313 e. The number of hydrogen-bond donors (Lipinski definition) is 1. The van der Waals surface area contributed by atoms with Crippen LogP contribution in [-0.4, -0.2) is 34.1 Å². The summed E-state index contributed by atoms with van der Waals surface area (Å²) in [7, 11) is 1.42. The summed E-state index contributed by atoms with van der Waals surface area (Å²) in [4.78, 5) is 33.6. The van der Waals surface area contributed by atoms with E-state index in [0.717, 1.165) is 5.56 Å². The first-order valence-electron chi connectivity index (χ1n) is 10.7. The van der Waals surface area contributed by atoms with E-state index in [4.69, 9.17) is 14.0 Å². The van der Waals surface area contributed by atoms with Gasteiger partial charge < -0.3 is 19.3 Å². The van der Waals surface area contributed by atoms with Crippen molar-refractivity contribution in [3.8, 4) is 22.9 Å². The molecule has 0 aliphatic carbocycles. The van der Waals surface area contributed by atoms with Crippen molar-refractivity contribution < 1.29 is 23.6 Å². The number of hydrogen-bond acceptors (Lipinski definition) is 8. The first kappa shape index (κ1) is 23.9. The van der Waals surface area contributed by atoms with E-state index in [2.05, 4.69) is 34.3 Å². The third kappa shape index (κ3) is 5.54. The van der Waals surface area contributed by atoms with E-state index in [-0.39, 0.29) is 23.1 Å². The molecule has 0 fully saturated rings. The maximum Gasteiger partial charge on any atom is 0.313 e. The van der Waals surface area contributed by atoms with Crippen molar-refractivity contribution in [3.63, 3.8) is 0 Å². The van der Waals surface area contributed by atoms with Gasteiger partial charge in [-0.25, -0.2) is 4.98 Å². The molecule has 9 heteroatoms. The quantitative estimate of drug-likeness (QED) is 0.502. The van der Waals surface area contributed by atoms with Crippen LogP contribution in [0.25, 0.3) is 11.4 Å². The number of rotatable bonds is 8. The van der Waals surface area contributed by atoms with Crippen molar-refractivity contribution >= 4 is 11.9 Å². The van der Waals surface area contributed by atoms with Gasteiger partial charge in [-0.15, -0.1) is 0 Å². The van der Waals surface area contributed by atoms with E-state index in [9.17, 15) is 9.59 Å². The summed E-state index contributed by atoms with van der Waals surface area (Å²) >= 11 is 0. The molecule has 0 saturated carbocycles. The molecule has 0 aliphatic rings. The summed E-state index contributed by atoms with van der Waals surface area (Å²) in [6.07, 6.45) is 1.40. The Morgan fingerprint density at radius 3 is 2.33 bits per heavy atom. The fourth-order valence-electron chi connectivity index (χ4n) is 2.94. The van der Waals surface area contributed by atoms with E-state index in [0.29, 0.717) is 11.7 Å². The molecule has 2 heterocycles. The predicted molar refractivity (Wildman–Crippen MR) is 121 cm³/mol. The molecule has 0 unspecified atom stereocenters. The highest BCUT2D eigenvalue weighted by atomic mass is 16.6. The Hall–Kier alpha value is -3.75. The maximum absolute atomic E-state index is 12.9. The van der Waals surface area contributed by atoms with Crippen LogP contribution in [0.2, 0.25) is 0 Å². The van der Waals surface area contributed by atoms with E-state index in [1.165, 1.54) is 24.9 Å². The number of amides is 1. The molecule has 3 aromatic rings. The molecule has 0 saturated heterocycles. The first-order valence-corrected chi connectivity index (χ1v) is 10.7. The van der Waals surface area contributed by atoms with E-state index < -0.39 is 23.8 Å². The number of nitrogens with one attached hydrogen (secondary N) is 1. The van der Waals surface area contributed by atoms with Gasteiger partial charge in [0.2, 0.25) is 17.5 Å². The Kier molecular flexibility index (Phi) is 7.42. The van der Waals surface area contributed by atoms with Crippen molar-refractivity contribution in [2.45, 2.75) is 46.6 Å². The average molecular weight is 453 g/mol. The van der Waals surface area contributed by atoms with Gasteiger partial charge in [0, 0.05) is 17.8 Å². The number of carbonyl (C=O) groups excluding carboxylic acids is 2. The molecule has 0 radical (unpaired) electrons. The normalized spacial score (nSPS) is 12.0. The largest absolute Gasteiger partial charge is 0.493 e. The fourth-order valence-corrected chi connectivity index (χ4v) is 2.94. The zero-order valence-electron chi connectivity index (χ0n) is 19.6. The van der Waals surface area contributed by atoms with Crippen molar-refractivity contribution in [3.05, 3.63) is 53.7 Å². The van der Waals surface area contributed by atoms with Crippen LogP contribution in [0.1, 0.15) is 68.5 Å². The monoisotopic (exact) mass is 452 g/mol. The minimum absolute atomic E-state index is 0.0418. The van der Waals surface area contributed by atoms with Gasteiger partial charge in [0.1, 0.15) is 6.04 Å². The van der Waals surface area contributed by atoms with Crippen LogP contribution in [0.3, 0.4) is 0 Å². The summed E-state index contributed by atoms with van der Waals surface area (Å²) in [6.45, 7) is 9.33. The molecular weight excluding hydrogens is 424 g/mol. The molecule has 3 rings (SSSR count). The summed E-state index contributed by atoms with van der Waals surface area (Å²) < 4.78 is 16.0. The van der Waals surface area contributed by atoms with Gasteiger partial charge in [-0.1, -0.05) is 57.1 Å². The lowest BCUT2D eigenvalue weighted by Crippen LogP contribution is -2.29. The Morgan fingerprint density at radius 2 is 1.73 bits per heavy atom. The van der Waals surface area contributed by atoms with Gasteiger partial charge in [-0.2, -0.15) is 4.98 Å². The van der Waals surface area contributed by atoms with Gasteiger partial charge in [0.25, 0.3) is 5.91 Å².